The summed E-state index contributed by atoms with van der Waals surface area (Å²) in [4.78, 5) is 14.0. The van der Waals surface area contributed by atoms with Crippen molar-refractivity contribution in [3.63, 3.8) is 0 Å². The molecule has 30 heavy (non-hydrogen) atoms. The molecule has 3 aromatic rings. The van der Waals surface area contributed by atoms with Crippen LogP contribution in [0.25, 0.3) is 10.4 Å². The van der Waals surface area contributed by atoms with Crippen molar-refractivity contribution < 1.29 is 13.2 Å². The van der Waals surface area contributed by atoms with E-state index in [2.05, 4.69) is 0 Å². The molecule has 0 unspecified atom stereocenters. The molecular weight excluding hydrogens is 420 g/mol. The summed E-state index contributed by atoms with van der Waals surface area (Å²) < 4.78 is 35.3. The number of pyridine rings is 1. The Labute approximate surface area is 179 Å². The number of piperidine rings is 1. The average molecular weight is 443 g/mol. The number of sulfonamides is 1. The van der Waals surface area contributed by atoms with E-state index < -0.39 is 10.0 Å². The number of fused-ring (bicyclic) bond motifs is 4. The highest BCUT2D eigenvalue weighted by atomic mass is 32.2. The minimum absolute atomic E-state index is 0.00322. The molecule has 0 amide bonds. The first-order valence-electron chi connectivity index (χ1n) is 9.89. The molecule has 8 heteroatoms. The van der Waals surface area contributed by atoms with Gasteiger partial charge in [0.1, 0.15) is 5.75 Å². The van der Waals surface area contributed by atoms with Crippen LogP contribution in [0.3, 0.4) is 0 Å². The fourth-order valence-electron chi connectivity index (χ4n) is 4.70. The second-order valence-electron chi connectivity index (χ2n) is 7.85. The first kappa shape index (κ1) is 19.5. The van der Waals surface area contributed by atoms with Crippen molar-refractivity contribution in [3.05, 3.63) is 70.0 Å². The molecule has 0 aliphatic carbocycles. The van der Waals surface area contributed by atoms with Gasteiger partial charge in [0.15, 0.2) is 0 Å². The Balaban J connectivity index is 1.54. The van der Waals surface area contributed by atoms with Crippen LogP contribution in [0.5, 0.6) is 5.75 Å². The van der Waals surface area contributed by atoms with E-state index >= 15 is 0 Å². The second-order valence-corrected chi connectivity index (χ2v) is 10.7. The van der Waals surface area contributed by atoms with Gasteiger partial charge in [0.05, 0.1) is 12.0 Å². The Bertz CT molecular complexity index is 1230. The largest absolute Gasteiger partial charge is 0.497 e. The van der Waals surface area contributed by atoms with E-state index in [-0.39, 0.29) is 22.3 Å². The van der Waals surface area contributed by atoms with E-state index in [4.69, 9.17) is 4.74 Å². The van der Waals surface area contributed by atoms with Crippen LogP contribution in [-0.4, -0.2) is 37.5 Å². The number of hydrogen-bond donors (Lipinski definition) is 0. The van der Waals surface area contributed by atoms with Crippen molar-refractivity contribution >= 4 is 21.4 Å². The van der Waals surface area contributed by atoms with Crippen molar-refractivity contribution in [2.75, 3.05) is 20.2 Å². The number of methoxy groups -OCH3 is 1. The Kier molecular flexibility index (Phi) is 4.80. The minimum atomic E-state index is -3.62. The van der Waals surface area contributed by atoms with Crippen molar-refractivity contribution in [1.82, 2.24) is 8.87 Å². The SMILES string of the molecule is COc1ccc(S(=O)(=O)N2C[C@H]3C[C@H](C2)c2c(-c4cccs4)ccc(=O)n2C3)cc1. The topological polar surface area (TPSA) is 68.6 Å². The highest BCUT2D eigenvalue weighted by molar-refractivity contribution is 7.89. The lowest BCUT2D eigenvalue weighted by Crippen LogP contribution is -2.49. The summed E-state index contributed by atoms with van der Waals surface area (Å²) >= 11 is 1.63. The second kappa shape index (κ2) is 7.37. The zero-order valence-electron chi connectivity index (χ0n) is 16.5. The summed E-state index contributed by atoms with van der Waals surface area (Å²) in [5, 5.41) is 2.02. The van der Waals surface area contributed by atoms with E-state index in [1.807, 2.05) is 28.1 Å². The summed E-state index contributed by atoms with van der Waals surface area (Å²) in [5.74, 6) is 0.746. The van der Waals surface area contributed by atoms with Gasteiger partial charge >= 0.3 is 0 Å². The molecule has 2 aliphatic rings. The zero-order chi connectivity index (χ0) is 20.9. The first-order chi connectivity index (χ1) is 14.5. The van der Waals surface area contributed by atoms with Crippen LogP contribution < -0.4 is 10.3 Å². The molecule has 0 saturated carbocycles. The fraction of sp³-hybridized carbons (Fsp3) is 0.318. The molecule has 6 nitrogen and oxygen atoms in total. The number of aromatic nitrogens is 1. The van der Waals surface area contributed by atoms with Gasteiger partial charge in [-0.05, 0) is 54.1 Å². The molecule has 1 fully saturated rings. The van der Waals surface area contributed by atoms with Crippen molar-refractivity contribution in [2.45, 2.75) is 23.8 Å². The summed E-state index contributed by atoms with van der Waals surface area (Å²) in [7, 11) is -2.06. The summed E-state index contributed by atoms with van der Waals surface area (Å²) in [6.07, 6.45) is 0.899. The molecule has 0 N–H and O–H groups in total. The summed E-state index contributed by atoms with van der Waals surface area (Å²) in [6.45, 7) is 1.37. The van der Waals surface area contributed by atoms with Crippen LogP contribution in [0.1, 0.15) is 18.0 Å². The van der Waals surface area contributed by atoms with Crippen molar-refractivity contribution in [2.24, 2.45) is 5.92 Å². The lowest BCUT2D eigenvalue weighted by atomic mass is 9.82. The standard InChI is InChI=1S/C22H22N2O4S2/c1-28-17-4-6-18(7-5-17)30(26,27)23-12-15-11-16(14-23)22-19(20-3-2-10-29-20)8-9-21(25)24(22)13-15/h2-10,15-16H,11-14H2,1H3/t15-,16-/m1/s1. The average Bonchev–Trinajstić information content (AvgIpc) is 3.29. The number of benzene rings is 1. The summed E-state index contributed by atoms with van der Waals surface area (Å²) in [6, 6.07) is 14.1. The Morgan fingerprint density at radius 3 is 2.53 bits per heavy atom. The smallest absolute Gasteiger partial charge is 0.250 e. The number of hydrogen-bond acceptors (Lipinski definition) is 5. The molecule has 5 rings (SSSR count). The molecule has 1 aromatic carbocycles. The molecule has 156 valence electrons. The van der Waals surface area contributed by atoms with Crippen LogP contribution in [-0.2, 0) is 16.6 Å². The third kappa shape index (κ3) is 3.19. The molecule has 2 bridgehead atoms. The molecule has 0 spiro atoms. The van der Waals surface area contributed by atoms with Crippen molar-refractivity contribution in [1.29, 1.82) is 0 Å². The number of ether oxygens (including phenoxy) is 1. The third-order valence-corrected chi connectivity index (χ3v) is 8.79. The van der Waals surface area contributed by atoms with Gasteiger partial charge in [-0.3, -0.25) is 4.79 Å². The molecular formula is C22H22N2O4S2. The highest BCUT2D eigenvalue weighted by Crippen LogP contribution is 2.42. The monoisotopic (exact) mass is 442 g/mol. The predicted molar refractivity (Wildman–Crippen MR) is 117 cm³/mol. The zero-order valence-corrected chi connectivity index (χ0v) is 18.2. The molecule has 2 aliphatic heterocycles. The van der Waals surface area contributed by atoms with Gasteiger partial charge in [-0.1, -0.05) is 6.07 Å². The van der Waals surface area contributed by atoms with Gasteiger partial charge in [0.25, 0.3) is 5.56 Å². The van der Waals surface area contributed by atoms with Crippen LogP contribution in [0, 0.1) is 5.92 Å². The molecule has 2 aromatic heterocycles. The molecule has 4 heterocycles. The number of rotatable bonds is 4. The molecule has 2 atom stereocenters. The van der Waals surface area contributed by atoms with E-state index in [0.717, 1.165) is 22.6 Å². The Hall–Kier alpha value is -2.42. The van der Waals surface area contributed by atoms with Gasteiger partial charge in [0, 0.05) is 47.8 Å². The van der Waals surface area contributed by atoms with E-state index in [1.165, 1.54) is 0 Å². The van der Waals surface area contributed by atoms with Crippen LogP contribution in [0.15, 0.2) is 63.6 Å². The Morgan fingerprint density at radius 1 is 1.03 bits per heavy atom. The van der Waals surface area contributed by atoms with E-state index in [9.17, 15) is 13.2 Å². The number of thiophene rings is 1. The maximum atomic E-state index is 13.3. The van der Waals surface area contributed by atoms with Crippen LogP contribution in [0.4, 0.5) is 0 Å². The maximum absolute atomic E-state index is 13.3. The van der Waals surface area contributed by atoms with E-state index in [0.29, 0.717) is 25.4 Å². The summed E-state index contributed by atoms with van der Waals surface area (Å²) in [5.41, 5.74) is 2.00. The lowest BCUT2D eigenvalue weighted by molar-refractivity contribution is 0.187. The molecule has 1 saturated heterocycles. The third-order valence-electron chi connectivity index (χ3n) is 6.04. The van der Waals surface area contributed by atoms with Crippen LogP contribution >= 0.6 is 11.3 Å². The normalized spacial score (nSPS) is 21.2. The van der Waals surface area contributed by atoms with E-state index in [1.54, 1.807) is 53.1 Å². The number of nitrogens with zero attached hydrogens (tertiary/aromatic N) is 2. The fourth-order valence-corrected chi connectivity index (χ4v) is 7.03. The predicted octanol–water partition coefficient (Wildman–Crippen LogP) is 3.39. The van der Waals surface area contributed by atoms with Crippen molar-refractivity contribution in [3.8, 4) is 16.2 Å². The maximum Gasteiger partial charge on any atom is 0.250 e. The minimum Gasteiger partial charge on any atom is -0.497 e. The van der Waals surface area contributed by atoms with Gasteiger partial charge in [0.2, 0.25) is 10.0 Å². The quantitative estimate of drug-likeness (QED) is 0.621. The van der Waals surface area contributed by atoms with Crippen LogP contribution in [0.2, 0.25) is 0 Å². The first-order valence-corrected chi connectivity index (χ1v) is 12.2. The molecule has 0 radical (unpaired) electrons. The lowest BCUT2D eigenvalue weighted by Gasteiger charge is -2.42. The van der Waals surface area contributed by atoms with Gasteiger partial charge in [-0.15, -0.1) is 11.3 Å². The van der Waals surface area contributed by atoms with Gasteiger partial charge < -0.3 is 9.30 Å². The highest BCUT2D eigenvalue weighted by Gasteiger charge is 2.40. The van der Waals surface area contributed by atoms with Gasteiger partial charge in [-0.2, -0.15) is 4.31 Å². The Morgan fingerprint density at radius 2 is 1.83 bits per heavy atom. The van der Waals surface area contributed by atoms with Gasteiger partial charge in [-0.25, -0.2) is 8.42 Å².